The highest BCUT2D eigenvalue weighted by atomic mass is 16.2. The van der Waals surface area contributed by atoms with Crippen molar-refractivity contribution in [3.05, 3.63) is 66.9 Å². The van der Waals surface area contributed by atoms with Crippen LogP contribution in [0.2, 0.25) is 0 Å². The predicted octanol–water partition coefficient (Wildman–Crippen LogP) is 1.81. The van der Waals surface area contributed by atoms with Crippen LogP contribution in [0.25, 0.3) is 5.82 Å². The first-order chi connectivity index (χ1) is 12.6. The second kappa shape index (κ2) is 8.02. The second-order valence-electron chi connectivity index (χ2n) is 5.74. The van der Waals surface area contributed by atoms with Crippen LogP contribution in [-0.2, 0) is 4.79 Å². The largest absolute Gasteiger partial charge is 0.349 e. The summed E-state index contributed by atoms with van der Waals surface area (Å²) < 4.78 is 1.52. The molecule has 0 aliphatic carbocycles. The van der Waals surface area contributed by atoms with E-state index in [0.717, 1.165) is 0 Å². The highest BCUT2D eigenvalue weighted by Crippen LogP contribution is 2.09. The second-order valence-corrected chi connectivity index (χ2v) is 5.74. The molecule has 8 nitrogen and oxygen atoms in total. The average Bonchev–Trinajstić information content (AvgIpc) is 3.17. The fourth-order valence-electron chi connectivity index (χ4n) is 2.36. The molecule has 0 fully saturated rings. The molecular weight excluding hydrogens is 332 g/mol. The Morgan fingerprint density at radius 3 is 2.62 bits per heavy atom. The Labute approximate surface area is 150 Å². The van der Waals surface area contributed by atoms with E-state index in [9.17, 15) is 9.59 Å². The molecule has 0 aliphatic heterocycles. The lowest BCUT2D eigenvalue weighted by Crippen LogP contribution is -2.35. The first-order valence-corrected chi connectivity index (χ1v) is 8.08. The lowest BCUT2D eigenvalue weighted by molar-refractivity contribution is -0.116. The molecule has 2 N–H and O–H groups in total. The third-order valence-corrected chi connectivity index (χ3v) is 3.59. The highest BCUT2D eigenvalue weighted by Gasteiger charge is 2.13. The van der Waals surface area contributed by atoms with E-state index >= 15 is 0 Å². The van der Waals surface area contributed by atoms with Crippen LogP contribution in [0.5, 0.6) is 0 Å². The lowest BCUT2D eigenvalue weighted by atomic mass is 10.1. The number of nitrogens with one attached hydrogen (secondary N) is 2. The summed E-state index contributed by atoms with van der Waals surface area (Å²) in [6, 6.07) is 12.0. The molecule has 1 unspecified atom stereocenters. The van der Waals surface area contributed by atoms with Crippen molar-refractivity contribution in [2.24, 2.45) is 0 Å². The quantitative estimate of drug-likeness (QED) is 0.706. The Morgan fingerprint density at radius 2 is 1.96 bits per heavy atom. The molecule has 1 atom stereocenters. The average molecular weight is 350 g/mol. The normalized spacial score (nSPS) is 11.6. The molecule has 0 radical (unpaired) electrons. The van der Waals surface area contributed by atoms with Crippen LogP contribution in [0, 0.1) is 0 Å². The molecule has 0 aliphatic rings. The third kappa shape index (κ3) is 4.50. The summed E-state index contributed by atoms with van der Waals surface area (Å²) in [6.45, 7) is 1.78. The van der Waals surface area contributed by atoms with Crippen LogP contribution in [0.4, 0.5) is 5.69 Å². The van der Waals surface area contributed by atoms with Crippen LogP contribution >= 0.6 is 0 Å². The molecular formula is C18H18N6O2. The zero-order chi connectivity index (χ0) is 18.4. The molecule has 26 heavy (non-hydrogen) atoms. The van der Waals surface area contributed by atoms with Gasteiger partial charge in [0.05, 0.1) is 11.9 Å². The van der Waals surface area contributed by atoms with Crippen molar-refractivity contribution in [2.45, 2.75) is 19.4 Å². The summed E-state index contributed by atoms with van der Waals surface area (Å²) >= 11 is 0. The van der Waals surface area contributed by atoms with Gasteiger partial charge in [0, 0.05) is 18.0 Å². The van der Waals surface area contributed by atoms with E-state index in [1.165, 1.54) is 17.3 Å². The highest BCUT2D eigenvalue weighted by molar-refractivity contribution is 5.95. The first kappa shape index (κ1) is 17.3. The number of carbonyl (C=O) groups excluding carboxylic acids is 2. The molecule has 0 saturated carbocycles. The van der Waals surface area contributed by atoms with E-state index in [0.29, 0.717) is 17.1 Å². The SMILES string of the molecule is CC(CC(=O)Nc1ccc(-n2cncn2)nc1)NC(=O)c1ccccc1. The Balaban J connectivity index is 1.51. The van der Waals surface area contributed by atoms with Gasteiger partial charge in [-0.15, -0.1) is 0 Å². The Kier molecular flexibility index (Phi) is 5.33. The number of benzene rings is 1. The minimum Gasteiger partial charge on any atom is -0.349 e. The van der Waals surface area contributed by atoms with Gasteiger partial charge in [-0.3, -0.25) is 9.59 Å². The van der Waals surface area contributed by atoms with Gasteiger partial charge in [0.25, 0.3) is 5.91 Å². The molecule has 0 spiro atoms. The van der Waals surface area contributed by atoms with E-state index in [2.05, 4.69) is 25.7 Å². The van der Waals surface area contributed by atoms with Crippen molar-refractivity contribution in [3.8, 4) is 5.82 Å². The minimum absolute atomic E-state index is 0.156. The van der Waals surface area contributed by atoms with Crippen molar-refractivity contribution in [1.29, 1.82) is 0 Å². The molecule has 8 heteroatoms. The standard InChI is InChI=1S/C18H18N6O2/c1-13(22-18(26)14-5-3-2-4-6-14)9-17(25)23-15-7-8-16(20-10-15)24-12-19-11-21-24/h2-8,10-13H,9H2,1H3,(H,22,26)(H,23,25). The number of pyridine rings is 1. The van der Waals surface area contributed by atoms with Gasteiger partial charge in [-0.1, -0.05) is 18.2 Å². The molecule has 2 amide bonds. The van der Waals surface area contributed by atoms with Gasteiger partial charge >= 0.3 is 0 Å². The molecule has 0 saturated heterocycles. The lowest BCUT2D eigenvalue weighted by Gasteiger charge is -2.14. The van der Waals surface area contributed by atoms with Gasteiger partial charge < -0.3 is 10.6 Å². The smallest absolute Gasteiger partial charge is 0.251 e. The van der Waals surface area contributed by atoms with E-state index in [-0.39, 0.29) is 24.3 Å². The Bertz CT molecular complexity index is 862. The number of nitrogens with zero attached hydrogens (tertiary/aromatic N) is 4. The van der Waals surface area contributed by atoms with E-state index < -0.39 is 0 Å². The number of anilines is 1. The number of hydrogen-bond acceptors (Lipinski definition) is 5. The molecule has 2 aromatic heterocycles. The van der Waals surface area contributed by atoms with E-state index in [1.54, 1.807) is 49.5 Å². The zero-order valence-corrected chi connectivity index (χ0v) is 14.2. The molecule has 1 aromatic carbocycles. The van der Waals surface area contributed by atoms with Crippen molar-refractivity contribution in [3.63, 3.8) is 0 Å². The van der Waals surface area contributed by atoms with Crippen LogP contribution in [0.1, 0.15) is 23.7 Å². The third-order valence-electron chi connectivity index (χ3n) is 3.59. The maximum Gasteiger partial charge on any atom is 0.251 e. The maximum atomic E-state index is 12.1. The Morgan fingerprint density at radius 1 is 1.15 bits per heavy atom. The van der Waals surface area contributed by atoms with Gasteiger partial charge in [-0.05, 0) is 31.2 Å². The predicted molar refractivity (Wildman–Crippen MR) is 95.8 cm³/mol. The monoisotopic (exact) mass is 350 g/mol. The van der Waals surface area contributed by atoms with Gasteiger partial charge in [0.15, 0.2) is 5.82 Å². The summed E-state index contributed by atoms with van der Waals surface area (Å²) in [4.78, 5) is 32.3. The van der Waals surface area contributed by atoms with E-state index in [4.69, 9.17) is 0 Å². The summed E-state index contributed by atoms with van der Waals surface area (Å²) in [5, 5.41) is 9.55. The minimum atomic E-state index is -0.301. The van der Waals surface area contributed by atoms with Gasteiger partial charge in [0.2, 0.25) is 5.91 Å². The molecule has 3 rings (SSSR count). The number of carbonyl (C=O) groups is 2. The number of aromatic nitrogens is 4. The van der Waals surface area contributed by atoms with Crippen LogP contribution in [0.15, 0.2) is 61.3 Å². The summed E-state index contributed by atoms with van der Waals surface area (Å²) in [7, 11) is 0. The fourth-order valence-corrected chi connectivity index (χ4v) is 2.36. The van der Waals surface area contributed by atoms with E-state index in [1.807, 2.05) is 6.07 Å². The number of amides is 2. The molecule has 3 aromatic rings. The summed E-state index contributed by atoms with van der Waals surface area (Å²) in [5.74, 6) is 0.190. The van der Waals surface area contributed by atoms with Crippen LogP contribution in [-0.4, -0.2) is 37.6 Å². The van der Waals surface area contributed by atoms with Gasteiger partial charge in [-0.25, -0.2) is 14.6 Å². The van der Waals surface area contributed by atoms with Crippen molar-refractivity contribution < 1.29 is 9.59 Å². The topological polar surface area (TPSA) is 102 Å². The zero-order valence-electron chi connectivity index (χ0n) is 14.2. The van der Waals surface area contributed by atoms with Crippen LogP contribution in [0.3, 0.4) is 0 Å². The van der Waals surface area contributed by atoms with Crippen LogP contribution < -0.4 is 10.6 Å². The van der Waals surface area contributed by atoms with Gasteiger partial charge in [-0.2, -0.15) is 5.10 Å². The number of rotatable bonds is 6. The summed E-state index contributed by atoms with van der Waals surface area (Å²) in [5.41, 5.74) is 1.13. The maximum absolute atomic E-state index is 12.1. The first-order valence-electron chi connectivity index (χ1n) is 8.08. The summed E-state index contributed by atoms with van der Waals surface area (Å²) in [6.07, 6.45) is 4.66. The van der Waals surface area contributed by atoms with Gasteiger partial charge in [0.1, 0.15) is 12.7 Å². The fraction of sp³-hybridized carbons (Fsp3) is 0.167. The molecule has 0 bridgehead atoms. The molecule has 2 heterocycles. The van der Waals surface area contributed by atoms with Crippen molar-refractivity contribution >= 4 is 17.5 Å². The number of hydrogen-bond donors (Lipinski definition) is 2. The molecule has 132 valence electrons. The van der Waals surface area contributed by atoms with Crippen molar-refractivity contribution in [1.82, 2.24) is 25.1 Å². The van der Waals surface area contributed by atoms with Crippen molar-refractivity contribution in [2.75, 3.05) is 5.32 Å². The Hall–Kier alpha value is -3.55.